The molecule has 108 valence electrons. The van der Waals surface area contributed by atoms with Gasteiger partial charge in [0.1, 0.15) is 5.75 Å². The van der Waals surface area contributed by atoms with Crippen LogP contribution >= 0.6 is 7.60 Å². The number of fused-ring (bicyclic) bond motifs is 1. The molecule has 0 aliphatic carbocycles. The first-order chi connectivity index (χ1) is 9.43. The third-order valence-corrected chi connectivity index (χ3v) is 4.70. The topological polar surface area (TPSA) is 66.8 Å². The van der Waals surface area contributed by atoms with Crippen LogP contribution in [0.5, 0.6) is 5.75 Å². The van der Waals surface area contributed by atoms with Gasteiger partial charge in [-0.3, -0.25) is 4.57 Å². The summed E-state index contributed by atoms with van der Waals surface area (Å²) in [5.74, 6) is 0.0192. The van der Waals surface area contributed by atoms with Gasteiger partial charge < -0.3 is 14.5 Å². The van der Waals surface area contributed by atoms with E-state index in [9.17, 15) is 14.6 Å². The van der Waals surface area contributed by atoms with Crippen molar-refractivity contribution in [3.05, 3.63) is 42.0 Å². The van der Waals surface area contributed by atoms with E-state index in [0.29, 0.717) is 12.0 Å². The van der Waals surface area contributed by atoms with E-state index in [4.69, 9.17) is 4.52 Å². The summed E-state index contributed by atoms with van der Waals surface area (Å²) in [7, 11) is -3.78. The van der Waals surface area contributed by atoms with Gasteiger partial charge in [-0.15, -0.1) is 0 Å². The van der Waals surface area contributed by atoms with Crippen molar-refractivity contribution in [2.24, 2.45) is 0 Å². The Morgan fingerprint density at radius 3 is 2.65 bits per heavy atom. The molecule has 0 aliphatic heterocycles. The molecule has 4 nitrogen and oxygen atoms in total. The first kappa shape index (κ1) is 15.0. The van der Waals surface area contributed by atoms with Crippen LogP contribution in [-0.4, -0.2) is 16.1 Å². The number of benzene rings is 2. The summed E-state index contributed by atoms with van der Waals surface area (Å²) in [6, 6.07) is 10.8. The van der Waals surface area contributed by atoms with Crippen LogP contribution in [0.1, 0.15) is 25.8 Å². The van der Waals surface area contributed by atoms with Crippen LogP contribution in [0, 0.1) is 0 Å². The van der Waals surface area contributed by atoms with Crippen molar-refractivity contribution in [1.82, 2.24) is 0 Å². The highest BCUT2D eigenvalue weighted by Crippen LogP contribution is 2.49. The van der Waals surface area contributed by atoms with Crippen LogP contribution in [0.25, 0.3) is 10.8 Å². The first-order valence-electron chi connectivity index (χ1n) is 6.62. The van der Waals surface area contributed by atoms with E-state index in [1.165, 1.54) is 0 Å². The van der Waals surface area contributed by atoms with Gasteiger partial charge >= 0.3 is 7.60 Å². The van der Waals surface area contributed by atoms with E-state index < -0.39 is 7.60 Å². The van der Waals surface area contributed by atoms with Crippen LogP contribution < -0.4 is 0 Å². The molecule has 2 aromatic rings. The van der Waals surface area contributed by atoms with Crippen molar-refractivity contribution >= 4 is 18.4 Å². The summed E-state index contributed by atoms with van der Waals surface area (Å²) in [5, 5.41) is 11.7. The van der Waals surface area contributed by atoms with Crippen molar-refractivity contribution in [3.8, 4) is 5.75 Å². The summed E-state index contributed by atoms with van der Waals surface area (Å²) in [6.45, 7) is 3.64. The molecule has 2 aromatic carbocycles. The molecule has 0 aromatic heterocycles. The second-order valence-electron chi connectivity index (χ2n) is 4.90. The summed E-state index contributed by atoms with van der Waals surface area (Å²) >= 11 is 0. The van der Waals surface area contributed by atoms with Crippen LogP contribution in [0.15, 0.2) is 36.4 Å². The number of hydrogen-bond acceptors (Lipinski definition) is 3. The van der Waals surface area contributed by atoms with Crippen LogP contribution in [0.2, 0.25) is 0 Å². The Kier molecular flexibility index (Phi) is 4.48. The number of hydrogen-bond donors (Lipinski definition) is 2. The van der Waals surface area contributed by atoms with Gasteiger partial charge in [0.05, 0.1) is 12.3 Å². The number of phenolic OH excluding ortho intramolecular Hbond substituents is 1. The predicted molar refractivity (Wildman–Crippen MR) is 80.0 cm³/mol. The Morgan fingerprint density at radius 2 is 1.95 bits per heavy atom. The lowest BCUT2D eigenvalue weighted by atomic mass is 10.0. The summed E-state index contributed by atoms with van der Waals surface area (Å²) in [6.07, 6.45) is 0.180. The van der Waals surface area contributed by atoms with Crippen LogP contribution in [0.3, 0.4) is 0 Å². The maximum absolute atomic E-state index is 12.2. The molecule has 2 N–H and O–H groups in total. The average molecular weight is 294 g/mol. The molecular formula is C15H19O4P. The fourth-order valence-corrected chi connectivity index (χ4v) is 3.60. The Labute approximate surface area is 118 Å². The largest absolute Gasteiger partial charge is 0.508 e. The third-order valence-electron chi connectivity index (χ3n) is 3.29. The molecule has 0 heterocycles. The highest BCUT2D eigenvalue weighted by Gasteiger charge is 2.25. The molecular weight excluding hydrogens is 275 g/mol. The van der Waals surface area contributed by atoms with Crippen molar-refractivity contribution in [2.75, 3.05) is 0 Å². The minimum Gasteiger partial charge on any atom is -0.508 e. The summed E-state index contributed by atoms with van der Waals surface area (Å²) < 4.78 is 17.4. The molecule has 0 amide bonds. The second-order valence-corrected chi connectivity index (χ2v) is 6.71. The van der Waals surface area contributed by atoms with Gasteiger partial charge in [0.15, 0.2) is 0 Å². The van der Waals surface area contributed by atoms with Gasteiger partial charge in [-0.1, -0.05) is 37.3 Å². The molecule has 5 heteroatoms. The molecule has 2 atom stereocenters. The zero-order valence-electron chi connectivity index (χ0n) is 11.6. The third kappa shape index (κ3) is 3.40. The van der Waals surface area contributed by atoms with Gasteiger partial charge in [0.2, 0.25) is 0 Å². The van der Waals surface area contributed by atoms with E-state index in [0.717, 1.165) is 10.8 Å². The Morgan fingerprint density at radius 1 is 1.25 bits per heavy atom. The molecule has 0 radical (unpaired) electrons. The molecule has 0 saturated carbocycles. The normalized spacial score (nSPS) is 15.9. The molecule has 0 bridgehead atoms. The highest BCUT2D eigenvalue weighted by molar-refractivity contribution is 7.52. The van der Waals surface area contributed by atoms with E-state index >= 15 is 0 Å². The monoisotopic (exact) mass is 294 g/mol. The van der Waals surface area contributed by atoms with Gasteiger partial charge in [0.25, 0.3) is 0 Å². The lowest BCUT2D eigenvalue weighted by molar-refractivity contribution is 0.184. The molecule has 20 heavy (non-hydrogen) atoms. The highest BCUT2D eigenvalue weighted by atomic mass is 31.2. The average Bonchev–Trinajstić information content (AvgIpc) is 2.41. The minimum atomic E-state index is -3.78. The molecule has 2 unspecified atom stereocenters. The Bertz CT molecular complexity index is 653. The van der Waals surface area contributed by atoms with Crippen molar-refractivity contribution in [3.63, 3.8) is 0 Å². The molecule has 0 fully saturated rings. The van der Waals surface area contributed by atoms with Crippen molar-refractivity contribution < 1.29 is 19.1 Å². The summed E-state index contributed by atoms with van der Waals surface area (Å²) in [4.78, 5) is 9.98. The Balaban J connectivity index is 2.38. The lowest BCUT2D eigenvalue weighted by Gasteiger charge is -2.18. The summed E-state index contributed by atoms with van der Waals surface area (Å²) in [5.41, 5.74) is 0.456. The van der Waals surface area contributed by atoms with Crippen LogP contribution in [0.4, 0.5) is 0 Å². The lowest BCUT2D eigenvalue weighted by Crippen LogP contribution is -2.05. The fraction of sp³-hybridized carbons (Fsp3) is 0.333. The zero-order valence-corrected chi connectivity index (χ0v) is 12.5. The van der Waals surface area contributed by atoms with E-state index in [2.05, 4.69) is 0 Å². The molecule has 0 spiro atoms. The standard InChI is InChI=1S/C15H19O4P/c1-3-11(2)19-20(17,18)10-14-13-7-5-4-6-12(13)8-9-15(14)16/h4-9,11,16H,3,10H2,1-2H3,(H,17,18). The first-order valence-corrected chi connectivity index (χ1v) is 8.39. The maximum atomic E-state index is 12.2. The fourth-order valence-electron chi connectivity index (χ4n) is 2.08. The number of aromatic hydroxyl groups is 1. The predicted octanol–water partition coefficient (Wildman–Crippen LogP) is 4.05. The van der Waals surface area contributed by atoms with Gasteiger partial charge in [-0.2, -0.15) is 0 Å². The minimum absolute atomic E-state index is 0.0192. The zero-order chi connectivity index (χ0) is 14.8. The molecule has 0 saturated heterocycles. The number of phenols is 1. The van der Waals surface area contributed by atoms with E-state index in [1.807, 2.05) is 31.2 Å². The van der Waals surface area contributed by atoms with Gasteiger partial charge in [-0.25, -0.2) is 0 Å². The van der Waals surface area contributed by atoms with Gasteiger partial charge in [0, 0.05) is 5.56 Å². The molecule has 2 rings (SSSR count). The van der Waals surface area contributed by atoms with E-state index in [-0.39, 0.29) is 18.0 Å². The number of rotatable bonds is 5. The van der Waals surface area contributed by atoms with E-state index in [1.54, 1.807) is 19.1 Å². The van der Waals surface area contributed by atoms with Crippen molar-refractivity contribution in [1.29, 1.82) is 0 Å². The maximum Gasteiger partial charge on any atom is 0.332 e. The quantitative estimate of drug-likeness (QED) is 0.816. The molecule has 0 aliphatic rings. The smallest absolute Gasteiger partial charge is 0.332 e. The van der Waals surface area contributed by atoms with Gasteiger partial charge in [-0.05, 0) is 30.2 Å². The Hall–Kier alpha value is -1.35. The van der Waals surface area contributed by atoms with Crippen LogP contribution in [-0.2, 0) is 15.3 Å². The van der Waals surface area contributed by atoms with Crippen molar-refractivity contribution in [2.45, 2.75) is 32.5 Å². The second kappa shape index (κ2) is 5.96. The SMILES string of the molecule is CCC(C)OP(=O)(O)Cc1c(O)ccc2ccccc12.